The summed E-state index contributed by atoms with van der Waals surface area (Å²) in [5.74, 6) is -3.24. The fourth-order valence-electron chi connectivity index (χ4n) is 3.28. The fourth-order valence-corrected chi connectivity index (χ4v) is 4.49. The first-order valence-corrected chi connectivity index (χ1v) is 11.4. The highest BCUT2D eigenvalue weighted by Crippen LogP contribution is 2.33. The Bertz CT molecular complexity index is 1220. The van der Waals surface area contributed by atoms with Crippen molar-refractivity contribution in [2.75, 3.05) is 37.5 Å². The van der Waals surface area contributed by atoms with E-state index in [1.165, 1.54) is 16.7 Å². The zero-order chi connectivity index (χ0) is 22.2. The normalized spacial score (nSPS) is 16.3. The van der Waals surface area contributed by atoms with Gasteiger partial charge in [0.05, 0.1) is 25.4 Å². The molecule has 1 aromatic carbocycles. The third-order valence-corrected chi connectivity index (χ3v) is 6.72. The van der Waals surface area contributed by atoms with Gasteiger partial charge in [0, 0.05) is 25.1 Å². The third kappa shape index (κ3) is 4.46. The van der Waals surface area contributed by atoms with Crippen LogP contribution >= 0.6 is 11.6 Å². The highest BCUT2D eigenvalue weighted by atomic mass is 35.5. The smallest absolute Gasteiger partial charge is 0.266 e. The number of aromatic nitrogens is 5. The Morgan fingerprint density at radius 3 is 2.71 bits per heavy atom. The van der Waals surface area contributed by atoms with Gasteiger partial charge in [-0.15, -0.1) is 5.10 Å². The first-order chi connectivity index (χ1) is 14.7. The summed E-state index contributed by atoms with van der Waals surface area (Å²) in [6.07, 6.45) is -0.363. The van der Waals surface area contributed by atoms with Crippen LogP contribution in [0.5, 0.6) is 0 Å². The number of halogens is 3. The van der Waals surface area contributed by atoms with Crippen molar-refractivity contribution in [1.29, 1.82) is 0 Å². The summed E-state index contributed by atoms with van der Waals surface area (Å²) < 4.78 is 59.4. The minimum atomic E-state index is -3.93. The molecule has 0 saturated carbocycles. The second kappa shape index (κ2) is 8.24. The van der Waals surface area contributed by atoms with Gasteiger partial charge in [-0.25, -0.2) is 21.9 Å². The minimum absolute atomic E-state index is 0.00798. The maximum atomic E-state index is 13.8. The van der Waals surface area contributed by atoms with Gasteiger partial charge < -0.3 is 9.64 Å². The standard InChI is InChI=1S/C18H19ClF2N6O3S/c1-30-8-9-31(28,29)17-22-15(26-7-6-18(20,21)11-26)14-16(23-17)27(25-24-14)10-12-4-2-3-5-13(12)19/h2-5H,6-11H2,1H3. The van der Waals surface area contributed by atoms with E-state index in [4.69, 9.17) is 16.3 Å². The Hall–Kier alpha value is -2.44. The van der Waals surface area contributed by atoms with Gasteiger partial charge in [-0.1, -0.05) is 35.0 Å². The van der Waals surface area contributed by atoms with E-state index in [1.807, 2.05) is 0 Å². The van der Waals surface area contributed by atoms with Gasteiger partial charge in [-0.2, -0.15) is 9.97 Å². The molecule has 1 aliphatic rings. The van der Waals surface area contributed by atoms with E-state index in [-0.39, 0.29) is 48.9 Å². The van der Waals surface area contributed by atoms with Crippen LogP contribution in [0.15, 0.2) is 29.4 Å². The Kier molecular flexibility index (Phi) is 5.79. The van der Waals surface area contributed by atoms with Crippen molar-refractivity contribution in [3.8, 4) is 0 Å². The van der Waals surface area contributed by atoms with Gasteiger partial charge in [0.15, 0.2) is 17.0 Å². The van der Waals surface area contributed by atoms with Crippen LogP contribution in [-0.4, -0.2) is 71.9 Å². The number of alkyl halides is 2. The van der Waals surface area contributed by atoms with Crippen LogP contribution in [-0.2, 0) is 21.1 Å². The monoisotopic (exact) mass is 472 g/mol. The molecule has 0 amide bonds. The molecule has 0 atom stereocenters. The molecule has 4 rings (SSSR count). The van der Waals surface area contributed by atoms with Gasteiger partial charge in [-0.05, 0) is 11.6 Å². The molecule has 0 spiro atoms. The number of benzene rings is 1. The predicted octanol–water partition coefficient (Wildman–Crippen LogP) is 2.19. The molecule has 1 fully saturated rings. The van der Waals surface area contributed by atoms with Gasteiger partial charge in [0.1, 0.15) is 0 Å². The van der Waals surface area contributed by atoms with Gasteiger partial charge >= 0.3 is 0 Å². The third-order valence-electron chi connectivity index (χ3n) is 4.91. The van der Waals surface area contributed by atoms with E-state index in [1.54, 1.807) is 24.3 Å². The first kappa shape index (κ1) is 21.8. The van der Waals surface area contributed by atoms with Gasteiger partial charge in [0.25, 0.3) is 11.1 Å². The van der Waals surface area contributed by atoms with Crippen molar-refractivity contribution >= 4 is 38.4 Å². The quantitative estimate of drug-likeness (QED) is 0.482. The van der Waals surface area contributed by atoms with Crippen molar-refractivity contribution in [3.05, 3.63) is 34.9 Å². The maximum absolute atomic E-state index is 13.8. The minimum Gasteiger partial charge on any atom is -0.384 e. The SMILES string of the molecule is COCCS(=O)(=O)c1nc(N2CCC(F)(F)C2)c2nnn(Cc3ccccc3Cl)c2n1. The Balaban J connectivity index is 1.84. The molecule has 0 radical (unpaired) electrons. The maximum Gasteiger partial charge on any atom is 0.266 e. The number of hydrogen-bond acceptors (Lipinski definition) is 8. The van der Waals surface area contributed by atoms with E-state index in [0.29, 0.717) is 10.6 Å². The van der Waals surface area contributed by atoms with Crippen molar-refractivity contribution in [2.45, 2.75) is 24.0 Å². The number of hydrogen-bond donors (Lipinski definition) is 0. The number of ether oxygens (including phenoxy) is 1. The van der Waals surface area contributed by atoms with Crippen LogP contribution in [0.2, 0.25) is 5.02 Å². The Morgan fingerprint density at radius 2 is 2.03 bits per heavy atom. The van der Waals surface area contributed by atoms with E-state index >= 15 is 0 Å². The number of methoxy groups -OCH3 is 1. The summed E-state index contributed by atoms with van der Waals surface area (Å²) >= 11 is 6.22. The van der Waals surface area contributed by atoms with Crippen molar-refractivity contribution < 1.29 is 21.9 Å². The molecule has 13 heteroatoms. The van der Waals surface area contributed by atoms with Crippen LogP contribution < -0.4 is 4.90 Å². The predicted molar refractivity (Wildman–Crippen MR) is 109 cm³/mol. The second-order valence-corrected chi connectivity index (χ2v) is 9.59. The van der Waals surface area contributed by atoms with Gasteiger partial charge in [-0.3, -0.25) is 0 Å². The van der Waals surface area contributed by atoms with E-state index in [0.717, 1.165) is 0 Å². The van der Waals surface area contributed by atoms with Crippen molar-refractivity contribution in [2.24, 2.45) is 0 Å². The highest BCUT2D eigenvalue weighted by molar-refractivity contribution is 7.91. The lowest BCUT2D eigenvalue weighted by Gasteiger charge is -2.18. The summed E-state index contributed by atoms with van der Waals surface area (Å²) in [7, 11) is -2.55. The molecular formula is C18H19ClF2N6O3S. The topological polar surface area (TPSA) is 103 Å². The molecule has 3 aromatic rings. The average Bonchev–Trinajstić information content (AvgIpc) is 3.30. The zero-order valence-electron chi connectivity index (χ0n) is 16.5. The average molecular weight is 473 g/mol. The molecule has 9 nitrogen and oxygen atoms in total. The summed E-state index contributed by atoms with van der Waals surface area (Å²) in [4.78, 5) is 9.60. The molecular weight excluding hydrogens is 454 g/mol. The Morgan fingerprint density at radius 1 is 1.26 bits per heavy atom. The number of sulfone groups is 1. The van der Waals surface area contributed by atoms with Crippen LogP contribution in [0, 0.1) is 0 Å². The molecule has 0 unspecified atom stereocenters. The van der Waals surface area contributed by atoms with Gasteiger partial charge in [0.2, 0.25) is 9.84 Å². The highest BCUT2D eigenvalue weighted by Gasteiger charge is 2.40. The summed E-state index contributed by atoms with van der Waals surface area (Å²) in [5.41, 5.74) is 0.985. The lowest BCUT2D eigenvalue weighted by atomic mass is 10.2. The molecule has 0 aliphatic carbocycles. The molecule has 31 heavy (non-hydrogen) atoms. The van der Waals surface area contributed by atoms with Crippen molar-refractivity contribution in [1.82, 2.24) is 25.0 Å². The molecule has 0 bridgehead atoms. The molecule has 2 aromatic heterocycles. The number of anilines is 1. The van der Waals surface area contributed by atoms with E-state index in [2.05, 4.69) is 20.3 Å². The molecule has 3 heterocycles. The zero-order valence-corrected chi connectivity index (χ0v) is 18.1. The number of nitrogens with zero attached hydrogens (tertiary/aromatic N) is 6. The molecule has 166 valence electrons. The summed E-state index contributed by atoms with van der Waals surface area (Å²) in [6, 6.07) is 7.08. The van der Waals surface area contributed by atoms with Crippen LogP contribution in [0.25, 0.3) is 11.2 Å². The number of fused-ring (bicyclic) bond motifs is 1. The van der Waals surface area contributed by atoms with E-state index < -0.39 is 27.5 Å². The number of rotatable bonds is 7. The lowest BCUT2D eigenvalue weighted by molar-refractivity contribution is 0.0257. The van der Waals surface area contributed by atoms with E-state index in [9.17, 15) is 17.2 Å². The molecule has 1 saturated heterocycles. The molecule has 0 N–H and O–H groups in total. The van der Waals surface area contributed by atoms with Crippen LogP contribution in [0.1, 0.15) is 12.0 Å². The van der Waals surface area contributed by atoms with Crippen LogP contribution in [0.3, 0.4) is 0 Å². The fraction of sp³-hybridized carbons (Fsp3) is 0.444. The molecule has 1 aliphatic heterocycles. The van der Waals surface area contributed by atoms with Crippen molar-refractivity contribution in [3.63, 3.8) is 0 Å². The second-order valence-electron chi connectivity index (χ2n) is 7.18. The first-order valence-electron chi connectivity index (χ1n) is 9.39. The Labute approximate surface area is 181 Å². The van der Waals surface area contributed by atoms with Crippen LogP contribution in [0.4, 0.5) is 14.6 Å². The largest absolute Gasteiger partial charge is 0.384 e. The lowest BCUT2D eigenvalue weighted by Crippen LogP contribution is -2.27. The summed E-state index contributed by atoms with van der Waals surface area (Å²) in [5, 5.41) is 8.13. The summed E-state index contributed by atoms with van der Waals surface area (Å²) in [6.45, 7) is -0.472.